The van der Waals surface area contributed by atoms with Gasteiger partial charge in [-0.2, -0.15) is 13.2 Å². The molecular weight excluding hydrogens is 357 g/mol. The van der Waals surface area contributed by atoms with E-state index in [4.69, 9.17) is 4.74 Å². The average molecular weight is 378 g/mol. The molecule has 2 nitrogen and oxygen atoms in total. The highest BCUT2D eigenvalue weighted by molar-refractivity contribution is 6.90. The number of hydrogen-bond acceptors (Lipinski definition) is 2. The second-order valence-electron chi connectivity index (χ2n) is 6.71. The lowest BCUT2D eigenvalue weighted by molar-refractivity contribution is -0.137. The van der Waals surface area contributed by atoms with Crippen molar-refractivity contribution in [3.8, 4) is 0 Å². The van der Waals surface area contributed by atoms with Crippen LogP contribution in [0.25, 0.3) is 6.08 Å². The van der Waals surface area contributed by atoms with Crippen molar-refractivity contribution in [2.45, 2.75) is 25.3 Å². The van der Waals surface area contributed by atoms with Gasteiger partial charge in [-0.3, -0.25) is 0 Å². The van der Waals surface area contributed by atoms with Gasteiger partial charge in [0.1, 0.15) is 0 Å². The Morgan fingerprint density at radius 1 is 1.08 bits per heavy atom. The first-order valence-corrected chi connectivity index (χ1v) is 11.4. The predicted octanol–water partition coefficient (Wildman–Crippen LogP) is 4.88. The topological polar surface area (TPSA) is 26.3 Å². The molecule has 0 unspecified atom stereocenters. The molecule has 138 valence electrons. The molecule has 0 N–H and O–H groups in total. The standard InChI is InChI=1S/C20H21F3O2Si/c1-25-19(24)16(14-26(2,3)18-10-5-4-6-11-18)12-15-8-7-9-17(13-15)20(21,22)23/h4-13H,14H2,1-3H3/b16-12-. The van der Waals surface area contributed by atoms with Crippen molar-refractivity contribution < 1.29 is 22.7 Å². The van der Waals surface area contributed by atoms with Crippen molar-refractivity contribution >= 4 is 25.3 Å². The van der Waals surface area contributed by atoms with Crippen molar-refractivity contribution in [3.05, 3.63) is 71.3 Å². The first-order valence-electron chi connectivity index (χ1n) is 8.15. The van der Waals surface area contributed by atoms with Crippen LogP contribution in [0.5, 0.6) is 0 Å². The minimum Gasteiger partial charge on any atom is -0.466 e. The molecule has 0 aromatic heterocycles. The zero-order valence-electron chi connectivity index (χ0n) is 14.9. The van der Waals surface area contributed by atoms with Gasteiger partial charge in [0.25, 0.3) is 0 Å². The summed E-state index contributed by atoms with van der Waals surface area (Å²) >= 11 is 0. The maximum absolute atomic E-state index is 12.9. The molecule has 0 aliphatic heterocycles. The smallest absolute Gasteiger partial charge is 0.416 e. The molecule has 0 saturated carbocycles. The fraction of sp³-hybridized carbons (Fsp3) is 0.250. The van der Waals surface area contributed by atoms with Gasteiger partial charge < -0.3 is 4.74 Å². The fourth-order valence-electron chi connectivity index (χ4n) is 2.79. The van der Waals surface area contributed by atoms with Gasteiger partial charge in [-0.25, -0.2) is 4.79 Å². The number of ether oxygens (including phenoxy) is 1. The molecule has 26 heavy (non-hydrogen) atoms. The molecule has 0 amide bonds. The number of halogens is 3. The van der Waals surface area contributed by atoms with E-state index in [0.717, 1.165) is 12.1 Å². The van der Waals surface area contributed by atoms with Crippen LogP contribution < -0.4 is 5.19 Å². The Morgan fingerprint density at radius 3 is 2.31 bits per heavy atom. The Morgan fingerprint density at radius 2 is 1.73 bits per heavy atom. The second-order valence-corrected chi connectivity index (χ2v) is 11.4. The number of esters is 1. The highest BCUT2D eigenvalue weighted by Crippen LogP contribution is 2.30. The quantitative estimate of drug-likeness (QED) is 0.421. The average Bonchev–Trinajstić information content (AvgIpc) is 2.60. The van der Waals surface area contributed by atoms with E-state index in [1.54, 1.807) is 6.07 Å². The minimum absolute atomic E-state index is 0.332. The molecule has 0 atom stereocenters. The van der Waals surface area contributed by atoms with Crippen molar-refractivity contribution in [2.24, 2.45) is 0 Å². The van der Waals surface area contributed by atoms with Crippen molar-refractivity contribution in [2.75, 3.05) is 7.11 Å². The Bertz CT molecular complexity index is 796. The summed E-state index contributed by atoms with van der Waals surface area (Å²) in [7, 11) is -0.740. The summed E-state index contributed by atoms with van der Waals surface area (Å²) in [5.41, 5.74) is -0.0274. The molecule has 2 aromatic carbocycles. The SMILES string of the molecule is COC(=O)/C(=C\c1cccc(C(F)(F)F)c1)C[Si](C)(C)c1ccccc1. The van der Waals surface area contributed by atoms with Crippen molar-refractivity contribution in [1.82, 2.24) is 0 Å². The number of hydrogen-bond donors (Lipinski definition) is 0. The van der Waals surface area contributed by atoms with Gasteiger partial charge in [0, 0.05) is 5.57 Å². The summed E-state index contributed by atoms with van der Waals surface area (Å²) in [5, 5.41) is 1.17. The summed E-state index contributed by atoms with van der Waals surface area (Å²) in [6.07, 6.45) is -2.92. The first-order chi connectivity index (χ1) is 12.1. The van der Waals surface area contributed by atoms with Gasteiger partial charge in [0.05, 0.1) is 20.7 Å². The van der Waals surface area contributed by atoms with Gasteiger partial charge in [-0.05, 0) is 29.8 Å². The number of benzene rings is 2. The van der Waals surface area contributed by atoms with Gasteiger partial charge in [0.15, 0.2) is 0 Å². The van der Waals surface area contributed by atoms with E-state index in [9.17, 15) is 18.0 Å². The van der Waals surface area contributed by atoms with Crippen LogP contribution in [0.3, 0.4) is 0 Å². The molecule has 0 fully saturated rings. The van der Waals surface area contributed by atoms with Crippen LogP contribution in [0.4, 0.5) is 13.2 Å². The summed E-state index contributed by atoms with van der Waals surface area (Å²) in [6, 6.07) is 15.3. The summed E-state index contributed by atoms with van der Waals surface area (Å²) in [6.45, 7) is 4.23. The van der Waals surface area contributed by atoms with E-state index in [2.05, 4.69) is 13.1 Å². The number of alkyl halides is 3. The third kappa shape index (κ3) is 5.08. The number of rotatable bonds is 5. The van der Waals surface area contributed by atoms with Crippen LogP contribution in [0.1, 0.15) is 11.1 Å². The van der Waals surface area contributed by atoms with Gasteiger partial charge >= 0.3 is 12.1 Å². The van der Waals surface area contributed by atoms with Crippen LogP contribution in [-0.4, -0.2) is 21.2 Å². The zero-order chi connectivity index (χ0) is 19.4. The minimum atomic E-state index is -4.42. The van der Waals surface area contributed by atoms with Crippen LogP contribution in [0.15, 0.2) is 60.2 Å². The third-order valence-electron chi connectivity index (χ3n) is 4.19. The Kier molecular flexibility index (Phi) is 6.08. The van der Waals surface area contributed by atoms with Gasteiger partial charge in [0.2, 0.25) is 0 Å². The third-order valence-corrected chi connectivity index (χ3v) is 7.35. The van der Waals surface area contributed by atoms with Crippen LogP contribution in [-0.2, 0) is 15.7 Å². The molecule has 0 aliphatic carbocycles. The fourth-order valence-corrected chi connectivity index (χ4v) is 5.28. The maximum Gasteiger partial charge on any atom is 0.416 e. The molecule has 0 aliphatic rings. The molecule has 0 bridgehead atoms. The first kappa shape index (κ1) is 20.0. The van der Waals surface area contributed by atoms with Gasteiger partial charge in [-0.1, -0.05) is 60.7 Å². The molecule has 0 spiro atoms. The normalized spacial score (nSPS) is 12.8. The maximum atomic E-state index is 12.9. The molecular formula is C20H21F3O2Si. The number of carbonyl (C=O) groups excluding carboxylic acids is 1. The van der Waals surface area contributed by atoms with Crippen molar-refractivity contribution in [3.63, 3.8) is 0 Å². The van der Waals surface area contributed by atoms with Crippen LogP contribution in [0, 0.1) is 0 Å². The molecule has 6 heteroatoms. The van der Waals surface area contributed by atoms with E-state index < -0.39 is 25.8 Å². The highest BCUT2D eigenvalue weighted by Gasteiger charge is 2.31. The Balaban J connectivity index is 2.39. The monoisotopic (exact) mass is 378 g/mol. The number of methoxy groups -OCH3 is 1. The summed E-state index contributed by atoms with van der Waals surface area (Å²) < 4.78 is 43.6. The van der Waals surface area contributed by atoms with E-state index in [-0.39, 0.29) is 0 Å². The highest BCUT2D eigenvalue weighted by atomic mass is 28.3. The largest absolute Gasteiger partial charge is 0.466 e. The molecule has 2 rings (SSSR count). The Labute approximate surface area is 152 Å². The van der Waals surface area contributed by atoms with E-state index in [0.29, 0.717) is 17.2 Å². The van der Waals surface area contributed by atoms with Crippen LogP contribution in [0.2, 0.25) is 19.1 Å². The van der Waals surface area contributed by atoms with Crippen molar-refractivity contribution in [1.29, 1.82) is 0 Å². The molecule has 2 aromatic rings. The predicted molar refractivity (Wildman–Crippen MR) is 99.8 cm³/mol. The van der Waals surface area contributed by atoms with Gasteiger partial charge in [-0.15, -0.1) is 0 Å². The lowest BCUT2D eigenvalue weighted by Gasteiger charge is -2.24. The van der Waals surface area contributed by atoms with E-state index in [1.807, 2.05) is 30.3 Å². The van der Waals surface area contributed by atoms with Crippen LogP contribution >= 0.6 is 0 Å². The number of carbonyl (C=O) groups is 1. The summed E-state index contributed by atoms with van der Waals surface area (Å²) in [4.78, 5) is 12.2. The Hall–Kier alpha value is -2.34. The molecule has 0 radical (unpaired) electrons. The molecule has 0 heterocycles. The second kappa shape index (κ2) is 7.91. The molecule has 0 saturated heterocycles. The lowest BCUT2D eigenvalue weighted by Crippen LogP contribution is -2.42. The van der Waals surface area contributed by atoms with E-state index in [1.165, 1.54) is 24.4 Å². The summed E-state index contributed by atoms with van der Waals surface area (Å²) in [5.74, 6) is -0.515. The van der Waals surface area contributed by atoms with E-state index >= 15 is 0 Å². The lowest BCUT2D eigenvalue weighted by atomic mass is 10.1. The zero-order valence-corrected chi connectivity index (χ0v) is 15.9.